The van der Waals surface area contributed by atoms with Crippen molar-refractivity contribution < 1.29 is 13.5 Å². The van der Waals surface area contributed by atoms with Crippen molar-refractivity contribution in [2.75, 3.05) is 0 Å². The van der Waals surface area contributed by atoms with Gasteiger partial charge in [-0.05, 0) is 30.0 Å². The number of benzene rings is 1. The molecule has 2 unspecified atom stereocenters. The van der Waals surface area contributed by atoms with Crippen molar-refractivity contribution in [3.8, 4) is 11.8 Å². The van der Waals surface area contributed by atoms with E-state index in [2.05, 4.69) is 17.7 Å². The third kappa shape index (κ3) is 3.99. The molecule has 2 atom stereocenters. The Morgan fingerprint density at radius 3 is 2.33 bits per heavy atom. The van der Waals surface area contributed by atoms with Crippen LogP contribution in [0.25, 0.3) is 0 Å². The first kappa shape index (κ1) is 14.4. The molecular formula is C14H17F2NO. The molecule has 0 aliphatic rings. The quantitative estimate of drug-likeness (QED) is 0.755. The Morgan fingerprint density at radius 1 is 1.28 bits per heavy atom. The molecule has 1 rings (SSSR count). The smallest absolute Gasteiger partial charge is 0.387 e. The Kier molecular flexibility index (Phi) is 5.57. The fourth-order valence-electron chi connectivity index (χ4n) is 2.01. The second kappa shape index (κ2) is 6.95. The third-order valence-corrected chi connectivity index (χ3v) is 2.92. The van der Waals surface area contributed by atoms with E-state index >= 15 is 0 Å². The zero-order valence-corrected chi connectivity index (χ0v) is 10.6. The first-order valence-electron chi connectivity index (χ1n) is 6.02. The highest BCUT2D eigenvalue weighted by Crippen LogP contribution is 2.28. The van der Waals surface area contributed by atoms with E-state index in [-0.39, 0.29) is 17.6 Å². The van der Waals surface area contributed by atoms with Gasteiger partial charge >= 0.3 is 6.61 Å². The summed E-state index contributed by atoms with van der Waals surface area (Å²) in [7, 11) is 0. The van der Waals surface area contributed by atoms with Crippen LogP contribution in [0.2, 0.25) is 0 Å². The first-order chi connectivity index (χ1) is 8.58. The van der Waals surface area contributed by atoms with Crippen LogP contribution in [-0.2, 0) is 0 Å². The number of hydrogen-bond donors (Lipinski definition) is 0. The minimum atomic E-state index is -2.82. The maximum atomic E-state index is 12.0. The number of halogens is 2. The molecule has 1 aromatic carbocycles. The maximum Gasteiger partial charge on any atom is 0.387 e. The molecule has 98 valence electrons. The predicted octanol–water partition coefficient (Wildman–Crippen LogP) is 4.33. The van der Waals surface area contributed by atoms with Gasteiger partial charge in [0.1, 0.15) is 5.75 Å². The molecule has 2 nitrogen and oxygen atoms in total. The van der Waals surface area contributed by atoms with Gasteiger partial charge in [0, 0.05) is 0 Å². The van der Waals surface area contributed by atoms with Gasteiger partial charge in [0.05, 0.1) is 12.0 Å². The summed E-state index contributed by atoms with van der Waals surface area (Å²) in [6.45, 7) is 1.28. The van der Waals surface area contributed by atoms with Crippen molar-refractivity contribution in [1.29, 1.82) is 5.26 Å². The molecule has 1 aromatic rings. The van der Waals surface area contributed by atoms with E-state index < -0.39 is 6.61 Å². The van der Waals surface area contributed by atoms with Gasteiger partial charge in [-0.25, -0.2) is 0 Å². The Hall–Kier alpha value is -1.63. The van der Waals surface area contributed by atoms with Crippen LogP contribution in [0.4, 0.5) is 8.78 Å². The lowest BCUT2D eigenvalue weighted by Crippen LogP contribution is -2.08. The molecule has 0 saturated carbocycles. The highest BCUT2D eigenvalue weighted by atomic mass is 19.3. The van der Waals surface area contributed by atoms with Gasteiger partial charge in [-0.1, -0.05) is 32.4 Å². The molecule has 0 heterocycles. The van der Waals surface area contributed by atoms with Crippen molar-refractivity contribution in [1.82, 2.24) is 0 Å². The third-order valence-electron chi connectivity index (χ3n) is 2.92. The molecule has 0 saturated heterocycles. The van der Waals surface area contributed by atoms with Crippen molar-refractivity contribution in [3.05, 3.63) is 29.8 Å². The van der Waals surface area contributed by atoms with Gasteiger partial charge in [0.2, 0.25) is 0 Å². The number of nitrogens with zero attached hydrogens (tertiary/aromatic N) is 1. The molecular weight excluding hydrogens is 236 g/mol. The molecule has 0 radical (unpaired) electrons. The molecule has 0 aromatic heterocycles. The van der Waals surface area contributed by atoms with E-state index in [4.69, 9.17) is 0 Å². The van der Waals surface area contributed by atoms with Gasteiger partial charge in [0.15, 0.2) is 0 Å². The zero-order valence-electron chi connectivity index (χ0n) is 10.6. The normalized spacial score (nSPS) is 14.0. The predicted molar refractivity (Wildman–Crippen MR) is 65.5 cm³/mol. The van der Waals surface area contributed by atoms with Crippen LogP contribution in [0.1, 0.15) is 38.2 Å². The standard InChI is InChI=1S/C14H17F2NO/c1-3-4-10(2)13(9-17)11-5-7-12(8-6-11)18-14(15)16/h5-8,10,13-14H,3-4H2,1-2H3. The monoisotopic (exact) mass is 253 g/mol. The van der Waals surface area contributed by atoms with Gasteiger partial charge < -0.3 is 4.74 Å². The maximum absolute atomic E-state index is 12.0. The van der Waals surface area contributed by atoms with E-state index in [0.717, 1.165) is 18.4 Å². The topological polar surface area (TPSA) is 33.0 Å². The van der Waals surface area contributed by atoms with Gasteiger partial charge in [-0.15, -0.1) is 0 Å². The van der Waals surface area contributed by atoms with Crippen molar-refractivity contribution in [3.63, 3.8) is 0 Å². The van der Waals surface area contributed by atoms with Crippen LogP contribution in [-0.4, -0.2) is 6.61 Å². The fourth-order valence-corrected chi connectivity index (χ4v) is 2.01. The van der Waals surface area contributed by atoms with Crippen molar-refractivity contribution >= 4 is 0 Å². The summed E-state index contributed by atoms with van der Waals surface area (Å²) in [5.74, 6) is 0.168. The van der Waals surface area contributed by atoms with Crippen LogP contribution >= 0.6 is 0 Å². The average Bonchev–Trinajstić information content (AvgIpc) is 2.32. The summed E-state index contributed by atoms with van der Waals surface area (Å²) in [6, 6.07) is 8.58. The van der Waals surface area contributed by atoms with Crippen LogP contribution in [0.5, 0.6) is 5.75 Å². The highest BCUT2D eigenvalue weighted by Gasteiger charge is 2.18. The largest absolute Gasteiger partial charge is 0.435 e. The lowest BCUT2D eigenvalue weighted by Gasteiger charge is -2.17. The Balaban J connectivity index is 2.79. The second-order valence-corrected chi connectivity index (χ2v) is 4.32. The average molecular weight is 253 g/mol. The van der Waals surface area contributed by atoms with Crippen LogP contribution in [0, 0.1) is 17.2 Å². The SMILES string of the molecule is CCCC(C)C(C#N)c1ccc(OC(F)F)cc1. The van der Waals surface area contributed by atoms with E-state index in [1.165, 1.54) is 12.1 Å². The minimum Gasteiger partial charge on any atom is -0.435 e. The number of hydrogen-bond acceptors (Lipinski definition) is 2. The van der Waals surface area contributed by atoms with Gasteiger partial charge in [-0.3, -0.25) is 0 Å². The summed E-state index contributed by atoms with van der Waals surface area (Å²) in [6.07, 6.45) is 1.99. The van der Waals surface area contributed by atoms with E-state index in [0.29, 0.717) is 0 Å². The van der Waals surface area contributed by atoms with Gasteiger partial charge in [-0.2, -0.15) is 14.0 Å². The number of alkyl halides is 2. The second-order valence-electron chi connectivity index (χ2n) is 4.32. The van der Waals surface area contributed by atoms with E-state index in [1.54, 1.807) is 12.1 Å². The van der Waals surface area contributed by atoms with Gasteiger partial charge in [0.25, 0.3) is 0 Å². The van der Waals surface area contributed by atoms with Crippen molar-refractivity contribution in [2.45, 2.75) is 39.2 Å². The Morgan fingerprint density at radius 2 is 1.89 bits per heavy atom. The minimum absolute atomic E-state index is 0.119. The lowest BCUT2D eigenvalue weighted by molar-refractivity contribution is -0.0498. The molecule has 18 heavy (non-hydrogen) atoms. The summed E-state index contributed by atoms with van der Waals surface area (Å²) >= 11 is 0. The van der Waals surface area contributed by atoms with E-state index in [9.17, 15) is 14.0 Å². The number of ether oxygens (including phenoxy) is 1. The summed E-state index contributed by atoms with van der Waals surface area (Å²) in [4.78, 5) is 0. The Bertz CT molecular complexity index is 397. The molecule has 0 fully saturated rings. The summed E-state index contributed by atoms with van der Waals surface area (Å²) in [5, 5.41) is 9.19. The molecule has 0 amide bonds. The van der Waals surface area contributed by atoms with Crippen LogP contribution in [0.15, 0.2) is 24.3 Å². The van der Waals surface area contributed by atoms with Crippen LogP contribution in [0.3, 0.4) is 0 Å². The zero-order chi connectivity index (χ0) is 13.5. The molecule has 0 aliphatic carbocycles. The number of rotatable bonds is 6. The lowest BCUT2D eigenvalue weighted by atomic mass is 9.86. The van der Waals surface area contributed by atoms with E-state index in [1.807, 2.05) is 6.92 Å². The molecule has 4 heteroatoms. The highest BCUT2D eigenvalue weighted by molar-refractivity contribution is 5.32. The molecule has 0 aliphatic heterocycles. The summed E-state index contributed by atoms with van der Waals surface area (Å²) < 4.78 is 28.3. The molecule has 0 spiro atoms. The molecule has 0 bridgehead atoms. The fraction of sp³-hybridized carbons (Fsp3) is 0.500. The van der Waals surface area contributed by atoms with Crippen molar-refractivity contribution in [2.24, 2.45) is 5.92 Å². The first-order valence-corrected chi connectivity index (χ1v) is 6.02. The Labute approximate surface area is 106 Å². The van der Waals surface area contributed by atoms with Crippen LogP contribution < -0.4 is 4.74 Å². The number of nitriles is 1. The summed E-state index contributed by atoms with van der Waals surface area (Å²) in [5.41, 5.74) is 0.847. The molecule has 0 N–H and O–H groups in total.